The summed E-state index contributed by atoms with van der Waals surface area (Å²) in [7, 11) is -4.31. The van der Waals surface area contributed by atoms with Crippen LogP contribution in [0, 0.1) is 11.6 Å². The third kappa shape index (κ3) is 4.38. The molecule has 1 aromatic heterocycles. The molecule has 4 rings (SSSR count). The largest absolute Gasteiger partial charge is 0.305 e. The smallest absolute Gasteiger partial charge is 0.266 e. The van der Waals surface area contributed by atoms with Crippen LogP contribution in [0.2, 0.25) is 0 Å². The predicted molar refractivity (Wildman–Crippen MR) is 105 cm³/mol. The van der Waals surface area contributed by atoms with Crippen molar-refractivity contribution in [3.8, 4) is 0 Å². The molecule has 3 heterocycles. The van der Waals surface area contributed by atoms with E-state index in [1.165, 1.54) is 6.33 Å². The fraction of sp³-hybridized carbons (Fsp3) is 0.471. The van der Waals surface area contributed by atoms with Gasteiger partial charge in [0.2, 0.25) is 5.13 Å². The topological polar surface area (TPSA) is 99.6 Å². The molecule has 29 heavy (non-hydrogen) atoms. The molecule has 8 nitrogen and oxygen atoms in total. The van der Waals surface area contributed by atoms with Crippen molar-refractivity contribution in [1.29, 1.82) is 0 Å². The van der Waals surface area contributed by atoms with Crippen LogP contribution in [0.1, 0.15) is 31.2 Å². The van der Waals surface area contributed by atoms with Crippen LogP contribution >= 0.6 is 11.5 Å². The van der Waals surface area contributed by atoms with Gasteiger partial charge < -0.3 is 5.43 Å². The molecule has 0 spiro atoms. The number of hydrogen-bond donors (Lipinski definition) is 2. The van der Waals surface area contributed by atoms with E-state index in [1.807, 2.05) is 6.21 Å². The second-order valence-electron chi connectivity index (χ2n) is 7.04. The second kappa shape index (κ2) is 8.28. The van der Waals surface area contributed by atoms with Crippen molar-refractivity contribution in [2.75, 3.05) is 11.3 Å². The number of halogens is 2. The number of sulfonamides is 1. The first-order chi connectivity index (χ1) is 13.9. The lowest BCUT2D eigenvalue weighted by molar-refractivity contribution is 0.110. The molecule has 0 aliphatic carbocycles. The van der Waals surface area contributed by atoms with Crippen LogP contribution < -0.4 is 10.1 Å². The van der Waals surface area contributed by atoms with Gasteiger partial charge in [-0.2, -0.15) is 9.47 Å². The van der Waals surface area contributed by atoms with E-state index < -0.39 is 26.6 Å². The molecule has 2 aromatic rings. The number of nitrogens with zero attached hydrogens (tertiary/aromatic N) is 4. The van der Waals surface area contributed by atoms with Crippen molar-refractivity contribution in [3.63, 3.8) is 0 Å². The fourth-order valence-electron chi connectivity index (χ4n) is 3.78. The first-order valence-corrected chi connectivity index (χ1v) is 11.5. The molecular formula is C17H20F2N6O2S2. The van der Waals surface area contributed by atoms with Gasteiger partial charge in [0, 0.05) is 42.3 Å². The van der Waals surface area contributed by atoms with Gasteiger partial charge in [0.25, 0.3) is 10.0 Å². The minimum absolute atomic E-state index is 0.0173. The first-order valence-electron chi connectivity index (χ1n) is 9.22. The molecule has 0 saturated carbocycles. The lowest BCUT2D eigenvalue weighted by atomic mass is 9.94. The highest BCUT2D eigenvalue weighted by Gasteiger charge is 2.32. The summed E-state index contributed by atoms with van der Waals surface area (Å²) in [5.74, 6) is -1.77. The lowest BCUT2D eigenvalue weighted by Gasteiger charge is -2.39. The number of aromatic nitrogens is 2. The SMILES string of the molecule is O=S(=O)(Nc1ncns1)c1cc(F)c(CN2CCCC[C@@H]2C2CC=NN2)cc1F. The predicted octanol–water partition coefficient (Wildman–Crippen LogP) is 2.32. The van der Waals surface area contributed by atoms with Crippen LogP contribution in [-0.2, 0) is 16.6 Å². The summed E-state index contributed by atoms with van der Waals surface area (Å²) >= 11 is 0.803. The molecule has 1 fully saturated rings. The molecule has 2 N–H and O–H groups in total. The molecule has 1 saturated heterocycles. The summed E-state index contributed by atoms with van der Waals surface area (Å²) in [5.41, 5.74) is 3.21. The zero-order valence-electron chi connectivity index (χ0n) is 15.4. The summed E-state index contributed by atoms with van der Waals surface area (Å²) in [5, 5.41) is 4.05. The zero-order valence-corrected chi connectivity index (χ0v) is 17.0. The minimum Gasteiger partial charge on any atom is -0.305 e. The molecule has 1 aromatic carbocycles. The summed E-state index contributed by atoms with van der Waals surface area (Å²) in [4.78, 5) is 5.06. The Hall–Kier alpha value is -2.18. The molecule has 2 aliphatic heterocycles. The Bertz CT molecular complexity index is 992. The van der Waals surface area contributed by atoms with E-state index >= 15 is 0 Å². The third-order valence-corrected chi connectivity index (χ3v) is 7.23. The summed E-state index contributed by atoms with van der Waals surface area (Å²) in [6.45, 7) is 0.971. The van der Waals surface area contributed by atoms with E-state index in [1.54, 1.807) is 0 Å². The molecule has 0 bridgehead atoms. The van der Waals surface area contributed by atoms with Gasteiger partial charge in [-0.25, -0.2) is 22.2 Å². The van der Waals surface area contributed by atoms with Crippen LogP contribution in [0.25, 0.3) is 0 Å². The van der Waals surface area contributed by atoms with Crippen LogP contribution in [0.4, 0.5) is 13.9 Å². The number of anilines is 1. The van der Waals surface area contributed by atoms with Crippen LogP contribution in [0.15, 0.2) is 28.5 Å². The highest BCUT2D eigenvalue weighted by Crippen LogP contribution is 2.27. The maximum atomic E-state index is 14.7. The van der Waals surface area contributed by atoms with Crippen LogP contribution in [-0.4, -0.2) is 47.5 Å². The molecule has 2 aliphatic rings. The van der Waals surface area contributed by atoms with Gasteiger partial charge in [-0.05, 0) is 31.5 Å². The third-order valence-electron chi connectivity index (χ3n) is 5.17. The second-order valence-corrected chi connectivity index (χ2v) is 9.47. The molecular weight excluding hydrogens is 422 g/mol. The Morgan fingerprint density at radius 1 is 1.28 bits per heavy atom. The highest BCUT2D eigenvalue weighted by atomic mass is 32.2. The molecule has 0 amide bonds. The first kappa shape index (κ1) is 20.1. The maximum absolute atomic E-state index is 14.7. The van der Waals surface area contributed by atoms with E-state index in [9.17, 15) is 17.2 Å². The molecule has 1 unspecified atom stereocenters. The van der Waals surface area contributed by atoms with Gasteiger partial charge in [-0.15, -0.1) is 0 Å². The van der Waals surface area contributed by atoms with Crippen molar-refractivity contribution in [1.82, 2.24) is 19.7 Å². The Morgan fingerprint density at radius 3 is 2.86 bits per heavy atom. The quantitative estimate of drug-likeness (QED) is 0.712. The van der Waals surface area contributed by atoms with E-state index in [-0.39, 0.29) is 29.3 Å². The normalized spacial score (nSPS) is 22.6. The fourth-order valence-corrected chi connectivity index (χ4v) is 5.52. The lowest BCUT2D eigenvalue weighted by Crippen LogP contribution is -2.49. The number of benzene rings is 1. The molecule has 156 valence electrons. The standard InChI is InChI=1S/C17H20F2N6O2S2/c18-12-8-16(29(26,27)24-17-20-10-22-28-17)13(19)7-11(12)9-25-6-2-1-3-15(25)14-4-5-21-23-14/h5,7-8,10,14-15,23H,1-4,6,9H2,(H,20,22,24)/t14?,15-/m1/s1. The van der Waals surface area contributed by atoms with Crippen LogP contribution in [0.5, 0.6) is 0 Å². The van der Waals surface area contributed by atoms with Crippen molar-refractivity contribution in [2.45, 2.75) is 49.2 Å². The van der Waals surface area contributed by atoms with E-state index in [2.05, 4.69) is 29.5 Å². The Labute approximate surface area is 171 Å². The summed E-state index contributed by atoms with van der Waals surface area (Å²) < 4.78 is 59.9. The molecule has 0 radical (unpaired) electrons. The van der Waals surface area contributed by atoms with Gasteiger partial charge in [0.1, 0.15) is 22.9 Å². The van der Waals surface area contributed by atoms with Gasteiger partial charge >= 0.3 is 0 Å². The maximum Gasteiger partial charge on any atom is 0.266 e. The summed E-state index contributed by atoms with van der Waals surface area (Å²) in [6.07, 6.45) is 6.79. The average molecular weight is 443 g/mol. The number of nitrogens with one attached hydrogen (secondary N) is 2. The van der Waals surface area contributed by atoms with Gasteiger partial charge in [0.15, 0.2) is 0 Å². The number of piperidine rings is 1. The van der Waals surface area contributed by atoms with Gasteiger partial charge in [-0.1, -0.05) is 6.42 Å². The van der Waals surface area contributed by atoms with Crippen molar-refractivity contribution >= 4 is 32.9 Å². The number of rotatable bonds is 6. The van der Waals surface area contributed by atoms with Crippen molar-refractivity contribution < 1.29 is 17.2 Å². The van der Waals surface area contributed by atoms with Crippen molar-refractivity contribution in [3.05, 3.63) is 35.7 Å². The highest BCUT2D eigenvalue weighted by molar-refractivity contribution is 7.93. The molecule has 2 atom stereocenters. The Balaban J connectivity index is 1.55. The monoisotopic (exact) mass is 442 g/mol. The van der Waals surface area contributed by atoms with Gasteiger partial charge in [-0.3, -0.25) is 9.62 Å². The number of likely N-dealkylation sites (tertiary alicyclic amines) is 1. The number of hydrazone groups is 1. The summed E-state index contributed by atoms with van der Waals surface area (Å²) in [6, 6.07) is 2.01. The average Bonchev–Trinajstić information content (AvgIpc) is 3.38. The Kier molecular flexibility index (Phi) is 5.74. The van der Waals surface area contributed by atoms with E-state index in [0.29, 0.717) is 0 Å². The van der Waals surface area contributed by atoms with Crippen LogP contribution in [0.3, 0.4) is 0 Å². The number of hydrogen-bond acceptors (Lipinski definition) is 8. The molecule has 12 heteroatoms. The van der Waals surface area contributed by atoms with Gasteiger partial charge in [0.05, 0.1) is 6.04 Å². The zero-order chi connectivity index (χ0) is 20.4. The minimum atomic E-state index is -4.31. The van der Waals surface area contributed by atoms with E-state index in [0.717, 1.165) is 55.9 Å². The van der Waals surface area contributed by atoms with E-state index in [4.69, 9.17) is 0 Å². The van der Waals surface area contributed by atoms with Crippen molar-refractivity contribution in [2.24, 2.45) is 5.10 Å². The Morgan fingerprint density at radius 2 is 2.14 bits per heavy atom.